The van der Waals surface area contributed by atoms with Crippen molar-refractivity contribution in [3.8, 4) is 11.4 Å². The fraction of sp³-hybridized carbons (Fsp3) is 0.250. The van der Waals surface area contributed by atoms with Crippen LogP contribution in [0, 0.1) is 0 Å². The molecule has 3 N–H and O–H groups in total. The van der Waals surface area contributed by atoms with Crippen LogP contribution in [0.1, 0.15) is 5.69 Å². The number of hydrogen-bond acceptors (Lipinski definition) is 5. The average Bonchev–Trinajstić information content (AvgIpc) is 2.87. The Morgan fingerprint density at radius 2 is 2.19 bits per heavy atom. The Morgan fingerprint density at radius 3 is 2.81 bits per heavy atom. The number of ether oxygens (including phenoxy) is 1. The molecule has 0 bridgehead atoms. The third kappa shape index (κ3) is 3.60. The molecule has 21 heavy (non-hydrogen) atoms. The van der Waals surface area contributed by atoms with Gasteiger partial charge in [0.05, 0.1) is 29.2 Å². The van der Waals surface area contributed by atoms with E-state index in [1.54, 1.807) is 19.4 Å². The van der Waals surface area contributed by atoms with Gasteiger partial charge < -0.3 is 15.6 Å². The number of carbonyl (C=O) groups is 1. The van der Waals surface area contributed by atoms with Crippen LogP contribution >= 0.6 is 31.9 Å². The second-order valence-corrected chi connectivity index (χ2v) is 5.95. The highest BCUT2D eigenvalue weighted by atomic mass is 79.9. The maximum atomic E-state index is 10.7. The summed E-state index contributed by atoms with van der Waals surface area (Å²) in [5, 5.41) is 16.7. The first-order valence-electron chi connectivity index (χ1n) is 5.85. The van der Waals surface area contributed by atoms with Crippen molar-refractivity contribution in [2.45, 2.75) is 12.5 Å². The standard InChI is InChI=1S/C12H12Br2N4O3/c1-21-11-4-10(7(13)3-8(11)14)18-5-6(16-17-18)2-9(15)12(19)20/h3-5,9H,2,15H2,1H3,(H,19,20). The molecule has 0 saturated carbocycles. The van der Waals surface area contributed by atoms with Crippen molar-refractivity contribution in [3.05, 3.63) is 33.0 Å². The van der Waals surface area contributed by atoms with Crippen molar-refractivity contribution in [3.63, 3.8) is 0 Å². The summed E-state index contributed by atoms with van der Waals surface area (Å²) in [5.41, 5.74) is 6.70. The zero-order chi connectivity index (χ0) is 15.6. The van der Waals surface area contributed by atoms with E-state index < -0.39 is 12.0 Å². The lowest BCUT2D eigenvalue weighted by molar-refractivity contribution is -0.138. The fourth-order valence-corrected chi connectivity index (χ4v) is 3.01. The van der Waals surface area contributed by atoms with Crippen molar-refractivity contribution in [2.24, 2.45) is 5.73 Å². The third-order valence-electron chi connectivity index (χ3n) is 2.76. The summed E-state index contributed by atoms with van der Waals surface area (Å²) < 4.78 is 8.35. The van der Waals surface area contributed by atoms with Gasteiger partial charge in [0.1, 0.15) is 11.8 Å². The number of carboxylic acid groups (broad SMARTS) is 1. The maximum absolute atomic E-state index is 10.7. The molecule has 0 aliphatic heterocycles. The molecular formula is C12H12Br2N4O3. The van der Waals surface area contributed by atoms with Crippen LogP contribution in [0.15, 0.2) is 27.3 Å². The van der Waals surface area contributed by atoms with Crippen LogP contribution < -0.4 is 10.5 Å². The van der Waals surface area contributed by atoms with Gasteiger partial charge in [0, 0.05) is 17.0 Å². The van der Waals surface area contributed by atoms with Gasteiger partial charge in [-0.15, -0.1) is 5.10 Å². The Hall–Kier alpha value is -1.45. The third-order valence-corrected chi connectivity index (χ3v) is 4.01. The molecule has 0 aliphatic carbocycles. The Bertz CT molecular complexity index is 675. The molecule has 112 valence electrons. The zero-order valence-electron chi connectivity index (χ0n) is 11.0. The Kier molecular flexibility index (Phi) is 4.96. The van der Waals surface area contributed by atoms with Crippen LogP contribution in [-0.2, 0) is 11.2 Å². The van der Waals surface area contributed by atoms with E-state index in [-0.39, 0.29) is 6.42 Å². The summed E-state index contributed by atoms with van der Waals surface area (Å²) in [4.78, 5) is 10.7. The highest BCUT2D eigenvalue weighted by Gasteiger charge is 2.16. The Balaban J connectivity index is 2.31. The highest BCUT2D eigenvalue weighted by molar-refractivity contribution is 9.11. The quantitative estimate of drug-likeness (QED) is 0.765. The molecule has 1 aromatic heterocycles. The van der Waals surface area contributed by atoms with Crippen LogP contribution in [0.5, 0.6) is 5.75 Å². The van der Waals surface area contributed by atoms with E-state index in [1.165, 1.54) is 4.68 Å². The largest absolute Gasteiger partial charge is 0.495 e. The first-order chi connectivity index (χ1) is 9.92. The molecule has 0 aliphatic rings. The number of rotatable bonds is 5. The normalized spacial score (nSPS) is 12.2. The molecule has 9 heteroatoms. The predicted octanol–water partition coefficient (Wildman–Crippen LogP) is 1.76. The van der Waals surface area contributed by atoms with Crippen molar-refractivity contribution >= 4 is 37.8 Å². The average molecular weight is 420 g/mol. The number of hydrogen-bond donors (Lipinski definition) is 2. The van der Waals surface area contributed by atoms with Gasteiger partial charge in [0.25, 0.3) is 0 Å². The van der Waals surface area contributed by atoms with Gasteiger partial charge in [-0.25, -0.2) is 4.68 Å². The van der Waals surface area contributed by atoms with Crippen LogP contribution in [0.25, 0.3) is 5.69 Å². The SMILES string of the molecule is COc1cc(-n2cc(CC(N)C(=O)O)nn2)c(Br)cc1Br. The van der Waals surface area contributed by atoms with E-state index >= 15 is 0 Å². The minimum Gasteiger partial charge on any atom is -0.495 e. The minimum absolute atomic E-state index is 0.112. The molecule has 7 nitrogen and oxygen atoms in total. The number of aliphatic carboxylic acids is 1. The number of benzene rings is 1. The molecule has 1 aromatic carbocycles. The second-order valence-electron chi connectivity index (χ2n) is 4.24. The summed E-state index contributed by atoms with van der Waals surface area (Å²) in [7, 11) is 1.57. The molecule has 2 aromatic rings. The zero-order valence-corrected chi connectivity index (χ0v) is 14.1. The van der Waals surface area contributed by atoms with Crippen molar-refractivity contribution in [1.82, 2.24) is 15.0 Å². The van der Waals surface area contributed by atoms with Crippen molar-refractivity contribution in [2.75, 3.05) is 7.11 Å². The van der Waals surface area contributed by atoms with E-state index in [1.807, 2.05) is 6.07 Å². The number of halogens is 2. The molecular weight excluding hydrogens is 408 g/mol. The number of nitrogens with two attached hydrogens (primary N) is 1. The monoisotopic (exact) mass is 418 g/mol. The number of methoxy groups -OCH3 is 1. The molecule has 1 atom stereocenters. The summed E-state index contributed by atoms with van der Waals surface area (Å²) in [6, 6.07) is 2.61. The number of aromatic nitrogens is 3. The molecule has 0 fully saturated rings. The lowest BCUT2D eigenvalue weighted by Gasteiger charge is -2.08. The van der Waals surface area contributed by atoms with Crippen molar-refractivity contribution < 1.29 is 14.6 Å². The van der Waals surface area contributed by atoms with Gasteiger partial charge in [-0.1, -0.05) is 5.21 Å². The summed E-state index contributed by atoms with van der Waals surface area (Å²) in [6.45, 7) is 0. The van der Waals surface area contributed by atoms with Crippen LogP contribution in [0.4, 0.5) is 0 Å². The predicted molar refractivity (Wildman–Crippen MR) is 82.6 cm³/mol. The molecule has 0 spiro atoms. The number of nitrogens with zero attached hydrogens (tertiary/aromatic N) is 3. The van der Waals surface area contributed by atoms with E-state index in [9.17, 15) is 4.79 Å². The smallest absolute Gasteiger partial charge is 0.320 e. The molecule has 0 amide bonds. The molecule has 2 rings (SSSR count). The van der Waals surface area contributed by atoms with Gasteiger partial charge in [0.15, 0.2) is 0 Å². The van der Waals surface area contributed by atoms with Gasteiger partial charge >= 0.3 is 5.97 Å². The first kappa shape index (κ1) is 15.9. The molecule has 1 heterocycles. The van der Waals surface area contributed by atoms with E-state index in [2.05, 4.69) is 42.2 Å². The Morgan fingerprint density at radius 1 is 1.48 bits per heavy atom. The minimum atomic E-state index is -1.07. The highest BCUT2D eigenvalue weighted by Crippen LogP contribution is 2.33. The van der Waals surface area contributed by atoms with E-state index in [4.69, 9.17) is 15.6 Å². The van der Waals surface area contributed by atoms with Gasteiger partial charge in [0.2, 0.25) is 0 Å². The van der Waals surface area contributed by atoms with E-state index in [0.717, 1.165) is 14.6 Å². The Labute approximate surface area is 137 Å². The molecule has 0 radical (unpaired) electrons. The van der Waals surface area contributed by atoms with Gasteiger partial charge in [-0.05, 0) is 37.9 Å². The van der Waals surface area contributed by atoms with Gasteiger partial charge in [-0.2, -0.15) is 0 Å². The summed E-state index contributed by atoms with van der Waals surface area (Å²) >= 11 is 6.82. The van der Waals surface area contributed by atoms with Gasteiger partial charge in [-0.3, -0.25) is 4.79 Å². The second kappa shape index (κ2) is 6.54. The van der Waals surface area contributed by atoms with E-state index in [0.29, 0.717) is 11.4 Å². The van der Waals surface area contributed by atoms with Crippen LogP contribution in [-0.4, -0.2) is 39.2 Å². The first-order valence-corrected chi connectivity index (χ1v) is 7.44. The fourth-order valence-electron chi connectivity index (χ4n) is 1.67. The molecule has 0 saturated heterocycles. The van der Waals surface area contributed by atoms with Crippen LogP contribution in [0.2, 0.25) is 0 Å². The number of carboxylic acids is 1. The van der Waals surface area contributed by atoms with Crippen LogP contribution in [0.3, 0.4) is 0 Å². The topological polar surface area (TPSA) is 103 Å². The summed E-state index contributed by atoms with van der Waals surface area (Å²) in [5.74, 6) is -0.427. The summed E-state index contributed by atoms with van der Waals surface area (Å²) in [6.07, 6.45) is 1.75. The lowest BCUT2D eigenvalue weighted by Crippen LogP contribution is -2.32. The maximum Gasteiger partial charge on any atom is 0.320 e. The lowest BCUT2D eigenvalue weighted by atomic mass is 10.2. The molecule has 1 unspecified atom stereocenters. The van der Waals surface area contributed by atoms with Crippen molar-refractivity contribution in [1.29, 1.82) is 0 Å².